The Balaban J connectivity index is 1.59. The Kier molecular flexibility index (Phi) is 30.6. The molecule has 0 aliphatic carbocycles. The molecule has 458 valence electrons. The number of nitrogens with zero attached hydrogens (tertiary/aromatic N) is 4. The summed E-state index contributed by atoms with van der Waals surface area (Å²) in [4.78, 5) is 119. The Morgan fingerprint density at radius 1 is 0.802 bits per heavy atom. The summed E-state index contributed by atoms with van der Waals surface area (Å²) in [5.41, 5.74) is 24.6. The summed E-state index contributed by atoms with van der Waals surface area (Å²) >= 11 is 0. The summed E-state index contributed by atoms with van der Waals surface area (Å²) in [6, 6.07) is -1.18. The van der Waals surface area contributed by atoms with E-state index in [2.05, 4.69) is 40.4 Å². The minimum atomic E-state index is -1.11. The Labute approximate surface area is 487 Å². The average Bonchev–Trinajstić information content (AvgIpc) is 4.22. The van der Waals surface area contributed by atoms with Gasteiger partial charge in [0.25, 0.3) is 0 Å². The Bertz CT molecular complexity index is 2170. The van der Waals surface area contributed by atoms with Gasteiger partial charge in [0.2, 0.25) is 47.3 Å². The molecule has 1 aromatic rings. The zero-order valence-electron chi connectivity index (χ0n) is 48.6. The highest BCUT2D eigenvalue weighted by molar-refractivity contribution is 8.76. The fourth-order valence-corrected chi connectivity index (χ4v) is 12.9. The molecule has 3 heterocycles. The van der Waals surface area contributed by atoms with Gasteiger partial charge in [-0.2, -0.15) is 0 Å². The van der Waals surface area contributed by atoms with Gasteiger partial charge in [-0.25, -0.2) is 0 Å². The van der Waals surface area contributed by atoms with Gasteiger partial charge in [0.1, 0.15) is 42.0 Å². The Morgan fingerprint density at radius 2 is 1.47 bits per heavy atom. The van der Waals surface area contributed by atoms with Crippen LogP contribution < -0.4 is 49.5 Å². The monoisotopic (exact) mass is 1180 g/mol. The van der Waals surface area contributed by atoms with Crippen molar-refractivity contribution >= 4 is 68.8 Å². The fraction of sp³-hybridized carbons (Fsp3) is 0.750. The highest BCUT2D eigenvalue weighted by Crippen LogP contribution is 2.27. The predicted octanol–water partition coefficient (Wildman–Crippen LogP) is 0.273. The summed E-state index contributed by atoms with van der Waals surface area (Å²) in [7, 11) is 3.37. The van der Waals surface area contributed by atoms with E-state index in [0.717, 1.165) is 12.2 Å². The van der Waals surface area contributed by atoms with Crippen LogP contribution in [0.5, 0.6) is 5.75 Å². The number of aliphatic hydroxyl groups excluding tert-OH is 1. The van der Waals surface area contributed by atoms with Crippen LogP contribution in [-0.4, -0.2) is 208 Å². The van der Waals surface area contributed by atoms with E-state index in [9.17, 15) is 48.6 Å². The molecule has 1 aromatic carbocycles. The molecule has 81 heavy (non-hydrogen) atoms. The number of unbranched alkanes of at least 4 members (excludes halogenated alkanes) is 2. The molecule has 0 spiro atoms. The molecule has 25 heteroatoms. The second kappa shape index (κ2) is 36.1. The lowest BCUT2D eigenvalue weighted by molar-refractivity contribution is -0.144. The van der Waals surface area contributed by atoms with Crippen molar-refractivity contribution < 1.29 is 48.6 Å². The number of aliphatic hydroxyl groups is 1. The van der Waals surface area contributed by atoms with Crippen LogP contribution in [-0.2, 0) is 44.8 Å². The predicted molar refractivity (Wildman–Crippen MR) is 317 cm³/mol. The molecule has 0 bridgehead atoms. The number of nitrogens with one attached hydrogen (secondary N) is 5. The summed E-state index contributed by atoms with van der Waals surface area (Å²) in [6.45, 7) is 11.9. The van der Waals surface area contributed by atoms with Crippen LogP contribution in [0.2, 0.25) is 0 Å². The van der Waals surface area contributed by atoms with Crippen molar-refractivity contribution in [3.8, 4) is 5.75 Å². The maximum absolute atomic E-state index is 14.9. The number of benzene rings is 1. The molecule has 3 aliphatic rings. The highest BCUT2D eigenvalue weighted by Gasteiger charge is 2.42. The van der Waals surface area contributed by atoms with Crippen molar-refractivity contribution in [1.29, 1.82) is 0 Å². The molecule has 3 fully saturated rings. The van der Waals surface area contributed by atoms with Crippen molar-refractivity contribution in [2.45, 2.75) is 179 Å². The van der Waals surface area contributed by atoms with Gasteiger partial charge in [0.05, 0.1) is 19.2 Å². The van der Waals surface area contributed by atoms with Gasteiger partial charge in [-0.05, 0) is 146 Å². The second-order valence-corrected chi connectivity index (χ2v) is 25.3. The number of phenolic OH excluding ortho intramolecular Hbond substituents is 1. The van der Waals surface area contributed by atoms with Gasteiger partial charge in [-0.1, -0.05) is 61.4 Å². The number of rotatable bonds is 23. The number of amides is 8. The smallest absolute Gasteiger partial charge is 0.243 e. The van der Waals surface area contributed by atoms with E-state index in [1.807, 2.05) is 23.6 Å². The van der Waals surface area contributed by atoms with Crippen molar-refractivity contribution in [2.24, 2.45) is 34.8 Å². The lowest BCUT2D eigenvalue weighted by Crippen LogP contribution is -2.59. The third-order valence-corrected chi connectivity index (χ3v) is 17.9. The third kappa shape index (κ3) is 22.7. The molecule has 23 nitrogen and oxygen atoms in total. The molecule has 15 N–H and O–H groups in total. The van der Waals surface area contributed by atoms with E-state index in [1.165, 1.54) is 17.0 Å². The molecule has 0 unspecified atom stereocenters. The van der Waals surface area contributed by atoms with Gasteiger partial charge in [0.15, 0.2) is 0 Å². The molecule has 8 amide bonds. The molecule has 3 saturated heterocycles. The van der Waals surface area contributed by atoms with Crippen molar-refractivity contribution in [2.75, 3.05) is 77.0 Å². The zero-order valence-corrected chi connectivity index (χ0v) is 50.3. The van der Waals surface area contributed by atoms with Crippen LogP contribution >= 0.6 is 21.6 Å². The largest absolute Gasteiger partial charge is 0.508 e. The standard InChI is InChI=1S/C56H97N13O10S2/c1-36(2)30-40(59)33-67-25-13-29-81-80-28-12-24-66(34-45(37(3)4)65-51(74)42(14-6-8-22-57)62-49(72)32-61-53(76)46-16-10-27-69(46)56(79)48(67)35-70)38(5)55(78)68-26-11-17-47(68)54(77)63-43(15-7-9-23-58)52(75)64-44(50(60)73)31-39-18-20-41(71)21-19-39/h18-21,36-38,40,42-48,70-71H,6-17,22-35,57-59H2,1-5H3,(H2,60,73)(H,61,76)(H,62,72)(H,63,77)(H,64,75)(H,65,74)/t38-,40-,42-,43-,44-,45+,46-,47-,48-/m0/s1. The molecular formula is C56H97N13O10S2. The number of carbonyl (C=O) groups is 8. The molecular weight excluding hydrogens is 1080 g/mol. The molecule has 9 atom stereocenters. The van der Waals surface area contributed by atoms with E-state index < -0.39 is 96.9 Å². The second-order valence-electron chi connectivity index (χ2n) is 22.6. The van der Waals surface area contributed by atoms with E-state index in [1.54, 1.807) is 45.5 Å². The van der Waals surface area contributed by atoms with E-state index >= 15 is 0 Å². The first-order valence-corrected chi connectivity index (χ1v) is 31.8. The van der Waals surface area contributed by atoms with Gasteiger partial charge in [-0.15, -0.1) is 0 Å². The minimum Gasteiger partial charge on any atom is -0.508 e. The number of fused-ring (bicyclic) bond motifs is 1. The highest BCUT2D eigenvalue weighted by atomic mass is 33.1. The first kappa shape index (κ1) is 68.7. The maximum Gasteiger partial charge on any atom is 0.243 e. The molecule has 0 aromatic heterocycles. The SMILES string of the molecule is CC(C)C[C@H](N)CN1CCCSSCCCN([C@@H](C)C(=O)N2CCC[C@H]2C(=O)N[C@@H](CCCCN)C(=O)N[C@@H](Cc2ccc(O)cc2)C(N)=O)C[C@H](C(C)C)NC(=O)[C@H](CCCCN)NC(=O)CNC(=O)[C@@H]2CCCN2C(=O)[C@@H]1CO. The minimum absolute atomic E-state index is 0.0395. The molecule has 0 radical (unpaired) electrons. The number of nitrogens with two attached hydrogens (primary N) is 4. The molecule has 0 saturated carbocycles. The van der Waals surface area contributed by atoms with Gasteiger partial charge in [-0.3, -0.25) is 48.2 Å². The molecule has 3 aliphatic heterocycles. The maximum atomic E-state index is 14.9. The van der Waals surface area contributed by atoms with E-state index in [0.29, 0.717) is 127 Å². The van der Waals surface area contributed by atoms with Crippen LogP contribution in [0.25, 0.3) is 0 Å². The van der Waals surface area contributed by atoms with Crippen molar-refractivity contribution in [3.05, 3.63) is 29.8 Å². The number of aromatic hydroxyl groups is 1. The van der Waals surface area contributed by atoms with Gasteiger partial charge < -0.3 is 69.5 Å². The quantitative estimate of drug-likeness (QED) is 0.0518. The van der Waals surface area contributed by atoms with Crippen LogP contribution in [0.15, 0.2) is 24.3 Å². The Hall–Kier alpha value is -4.76. The lowest BCUT2D eigenvalue weighted by Gasteiger charge is -2.37. The van der Waals surface area contributed by atoms with Gasteiger partial charge in [0, 0.05) is 56.2 Å². The van der Waals surface area contributed by atoms with Gasteiger partial charge >= 0.3 is 0 Å². The van der Waals surface area contributed by atoms with Crippen LogP contribution in [0.1, 0.15) is 124 Å². The van der Waals surface area contributed by atoms with Crippen LogP contribution in [0.3, 0.4) is 0 Å². The summed E-state index contributed by atoms with van der Waals surface area (Å²) < 4.78 is 0. The number of phenols is 1. The molecule has 4 rings (SSSR count). The number of carbonyl (C=O) groups excluding carboxylic acids is 8. The first-order chi connectivity index (χ1) is 38.7. The summed E-state index contributed by atoms with van der Waals surface area (Å²) in [5, 5.41) is 34.8. The summed E-state index contributed by atoms with van der Waals surface area (Å²) in [5.74, 6) is -2.43. The number of hydrogen-bond acceptors (Lipinski definition) is 17. The normalized spacial score (nSPS) is 23.6. The van der Waals surface area contributed by atoms with E-state index in [-0.39, 0.29) is 55.3 Å². The van der Waals surface area contributed by atoms with Crippen LogP contribution in [0, 0.1) is 11.8 Å². The third-order valence-electron chi connectivity index (χ3n) is 15.4. The summed E-state index contributed by atoms with van der Waals surface area (Å²) in [6.07, 6.45) is 6.66. The van der Waals surface area contributed by atoms with E-state index in [4.69, 9.17) is 22.9 Å². The van der Waals surface area contributed by atoms with Crippen LogP contribution in [0.4, 0.5) is 0 Å². The average molecular weight is 1180 g/mol. The topological polar surface area (TPSA) is 354 Å². The van der Waals surface area contributed by atoms with Crippen molar-refractivity contribution in [1.82, 2.24) is 46.2 Å². The Morgan fingerprint density at radius 3 is 2.11 bits per heavy atom. The zero-order chi connectivity index (χ0) is 59.6. The number of primary amides is 1. The number of hydrogen-bond donors (Lipinski definition) is 11. The lowest BCUT2D eigenvalue weighted by atomic mass is 10.0. The number of likely N-dealkylation sites (tertiary alicyclic amines) is 1. The van der Waals surface area contributed by atoms with Crippen molar-refractivity contribution in [3.63, 3.8) is 0 Å². The first-order valence-electron chi connectivity index (χ1n) is 29.3. The fourth-order valence-electron chi connectivity index (χ4n) is 10.8.